The summed E-state index contributed by atoms with van der Waals surface area (Å²) in [6.45, 7) is 2.26. The number of carbonyl (C=O) groups is 1. The van der Waals surface area contributed by atoms with Gasteiger partial charge < -0.3 is 0 Å². The van der Waals surface area contributed by atoms with Crippen molar-refractivity contribution in [3.05, 3.63) is 0 Å². The standard InChI is InChI=1S/C16H32INO2/c1-2-3-4-5-6-7-8-9-10-11-12-13-14-15-16(19)18(17)20/h20H,2-15H2,1H3. The molecule has 0 heterocycles. The fourth-order valence-electron chi connectivity index (χ4n) is 2.39. The highest BCUT2D eigenvalue weighted by Crippen LogP contribution is 2.13. The van der Waals surface area contributed by atoms with E-state index in [0.717, 1.165) is 12.8 Å². The number of amides is 1. The van der Waals surface area contributed by atoms with E-state index >= 15 is 0 Å². The molecule has 1 N–H and O–H groups in total. The number of hydrogen-bond acceptors (Lipinski definition) is 2. The van der Waals surface area contributed by atoms with E-state index in [-0.39, 0.29) is 5.91 Å². The summed E-state index contributed by atoms with van der Waals surface area (Å²) in [5, 5.41) is 8.88. The van der Waals surface area contributed by atoms with Crippen molar-refractivity contribution in [2.24, 2.45) is 0 Å². The molecule has 0 aromatic rings. The van der Waals surface area contributed by atoms with Crippen LogP contribution in [-0.2, 0) is 4.79 Å². The number of carbonyl (C=O) groups excluding carboxylic acids is 1. The SMILES string of the molecule is CCCCCCCCCCCCCCCC(=O)N(O)I. The van der Waals surface area contributed by atoms with Crippen LogP contribution in [0.1, 0.15) is 96.8 Å². The van der Waals surface area contributed by atoms with Gasteiger partial charge in [-0.25, -0.2) is 0 Å². The quantitative estimate of drug-likeness (QED) is 0.128. The van der Waals surface area contributed by atoms with Gasteiger partial charge in [0, 0.05) is 6.42 Å². The molecule has 0 saturated heterocycles. The van der Waals surface area contributed by atoms with Gasteiger partial charge in [-0.15, -0.1) is 0 Å². The van der Waals surface area contributed by atoms with Gasteiger partial charge in [0.05, 0.1) is 22.9 Å². The minimum Gasteiger partial charge on any atom is -0.276 e. The second-order valence-corrected chi connectivity index (χ2v) is 6.56. The molecule has 0 aromatic heterocycles. The fraction of sp³-hybridized carbons (Fsp3) is 0.938. The van der Waals surface area contributed by atoms with Gasteiger partial charge in [-0.3, -0.25) is 10.0 Å². The van der Waals surface area contributed by atoms with Crippen LogP contribution in [0.4, 0.5) is 0 Å². The molecule has 120 valence electrons. The van der Waals surface area contributed by atoms with E-state index in [4.69, 9.17) is 5.21 Å². The van der Waals surface area contributed by atoms with Crippen LogP contribution in [0.2, 0.25) is 0 Å². The summed E-state index contributed by atoms with van der Waals surface area (Å²) in [6, 6.07) is 0. The molecule has 0 aliphatic rings. The molecule has 3 nitrogen and oxygen atoms in total. The average molecular weight is 397 g/mol. The van der Waals surface area contributed by atoms with Crippen LogP contribution in [0.3, 0.4) is 0 Å². The third kappa shape index (κ3) is 14.6. The number of nitrogens with zero attached hydrogens (tertiary/aromatic N) is 1. The van der Waals surface area contributed by atoms with Crippen LogP contribution in [0.25, 0.3) is 0 Å². The monoisotopic (exact) mass is 397 g/mol. The van der Waals surface area contributed by atoms with Crippen LogP contribution >= 0.6 is 22.9 Å². The molecule has 0 unspecified atom stereocenters. The Kier molecular flexibility index (Phi) is 15.7. The number of rotatable bonds is 14. The molecular weight excluding hydrogens is 365 g/mol. The maximum atomic E-state index is 11.1. The topological polar surface area (TPSA) is 40.5 Å². The first-order chi connectivity index (χ1) is 9.68. The first-order valence-electron chi connectivity index (χ1n) is 8.36. The lowest BCUT2D eigenvalue weighted by Crippen LogP contribution is -2.15. The van der Waals surface area contributed by atoms with Gasteiger partial charge in [0.2, 0.25) is 0 Å². The highest BCUT2D eigenvalue weighted by Gasteiger charge is 2.05. The van der Waals surface area contributed by atoms with Gasteiger partial charge in [-0.05, 0) is 6.42 Å². The van der Waals surface area contributed by atoms with Crippen molar-refractivity contribution in [3.63, 3.8) is 0 Å². The van der Waals surface area contributed by atoms with Gasteiger partial charge in [0.15, 0.2) is 0 Å². The Bertz CT molecular complexity index is 223. The second-order valence-electron chi connectivity index (χ2n) is 5.65. The molecule has 0 aliphatic heterocycles. The van der Waals surface area contributed by atoms with Crippen molar-refractivity contribution in [2.75, 3.05) is 0 Å². The van der Waals surface area contributed by atoms with Gasteiger partial charge in [-0.2, -0.15) is 3.28 Å². The van der Waals surface area contributed by atoms with Crippen LogP contribution in [0.5, 0.6) is 0 Å². The number of hydroxylamine groups is 1. The summed E-state index contributed by atoms with van der Waals surface area (Å²) < 4.78 is 0.665. The number of hydrogen-bond donors (Lipinski definition) is 1. The predicted molar refractivity (Wildman–Crippen MR) is 93.0 cm³/mol. The third-order valence-corrected chi connectivity index (χ3v) is 4.24. The Morgan fingerprint density at radius 3 is 1.50 bits per heavy atom. The van der Waals surface area contributed by atoms with Crippen LogP contribution in [-0.4, -0.2) is 14.4 Å². The van der Waals surface area contributed by atoms with E-state index in [0.29, 0.717) is 9.70 Å². The Balaban J connectivity index is 3.04. The molecule has 0 saturated carbocycles. The Morgan fingerprint density at radius 2 is 1.15 bits per heavy atom. The Morgan fingerprint density at radius 1 is 0.800 bits per heavy atom. The summed E-state index contributed by atoms with van der Waals surface area (Å²) in [4.78, 5) is 11.1. The summed E-state index contributed by atoms with van der Waals surface area (Å²) >= 11 is 1.61. The molecule has 1 amide bonds. The molecule has 0 bridgehead atoms. The fourth-order valence-corrected chi connectivity index (χ4v) is 2.63. The molecule has 0 spiro atoms. The smallest absolute Gasteiger partial charge is 0.255 e. The minimum atomic E-state index is -0.186. The zero-order valence-corrected chi connectivity index (χ0v) is 15.2. The van der Waals surface area contributed by atoms with Crippen LogP contribution < -0.4 is 0 Å². The zero-order valence-electron chi connectivity index (χ0n) is 13.1. The van der Waals surface area contributed by atoms with Crippen molar-refractivity contribution in [2.45, 2.75) is 96.8 Å². The van der Waals surface area contributed by atoms with Gasteiger partial charge in [0.25, 0.3) is 5.91 Å². The van der Waals surface area contributed by atoms with E-state index in [2.05, 4.69) is 6.92 Å². The van der Waals surface area contributed by atoms with Gasteiger partial charge >= 0.3 is 0 Å². The molecule has 0 rings (SSSR count). The van der Waals surface area contributed by atoms with Gasteiger partial charge in [-0.1, -0.05) is 84.0 Å². The lowest BCUT2D eigenvalue weighted by Gasteiger charge is -2.05. The molecule has 0 fully saturated rings. The molecule has 4 heteroatoms. The molecule has 0 radical (unpaired) electrons. The van der Waals surface area contributed by atoms with Crippen LogP contribution in [0, 0.1) is 0 Å². The Hall–Kier alpha value is 0.160. The molecule has 0 aliphatic carbocycles. The molecule has 0 aromatic carbocycles. The maximum absolute atomic E-state index is 11.1. The van der Waals surface area contributed by atoms with Crippen molar-refractivity contribution >= 4 is 28.8 Å². The predicted octanol–water partition coefficient (Wildman–Crippen LogP) is 6.04. The lowest BCUT2D eigenvalue weighted by atomic mass is 10.0. The first-order valence-corrected chi connectivity index (χ1v) is 9.32. The lowest BCUT2D eigenvalue weighted by molar-refractivity contribution is -0.141. The average Bonchev–Trinajstić information content (AvgIpc) is 2.43. The van der Waals surface area contributed by atoms with Crippen molar-refractivity contribution < 1.29 is 10.0 Å². The third-order valence-electron chi connectivity index (χ3n) is 3.70. The summed E-state index contributed by atoms with van der Waals surface area (Å²) in [5.41, 5.74) is 0. The van der Waals surface area contributed by atoms with E-state index in [1.807, 2.05) is 0 Å². The van der Waals surface area contributed by atoms with E-state index in [1.165, 1.54) is 70.6 Å². The van der Waals surface area contributed by atoms with Crippen molar-refractivity contribution in [1.29, 1.82) is 0 Å². The summed E-state index contributed by atoms with van der Waals surface area (Å²) in [6.07, 6.45) is 17.4. The van der Waals surface area contributed by atoms with Gasteiger partial charge in [0.1, 0.15) is 0 Å². The van der Waals surface area contributed by atoms with E-state index < -0.39 is 0 Å². The number of unbranched alkanes of at least 4 members (excludes halogenated alkanes) is 12. The van der Waals surface area contributed by atoms with Crippen molar-refractivity contribution in [3.8, 4) is 0 Å². The second kappa shape index (κ2) is 15.5. The molecule has 0 atom stereocenters. The minimum absolute atomic E-state index is 0.186. The zero-order chi connectivity index (χ0) is 15.1. The van der Waals surface area contributed by atoms with Crippen molar-refractivity contribution in [1.82, 2.24) is 3.28 Å². The van der Waals surface area contributed by atoms with Crippen LogP contribution in [0.15, 0.2) is 0 Å². The largest absolute Gasteiger partial charge is 0.276 e. The Labute approximate surface area is 139 Å². The molecule has 20 heavy (non-hydrogen) atoms. The molecular formula is C16H32INO2. The normalized spacial score (nSPS) is 10.8. The van der Waals surface area contributed by atoms with E-state index in [9.17, 15) is 4.79 Å². The summed E-state index contributed by atoms with van der Waals surface area (Å²) in [7, 11) is 0. The maximum Gasteiger partial charge on any atom is 0.255 e. The number of halogens is 1. The highest BCUT2D eigenvalue weighted by atomic mass is 127. The summed E-state index contributed by atoms with van der Waals surface area (Å²) in [5.74, 6) is -0.186. The first kappa shape index (κ1) is 20.2. The highest BCUT2D eigenvalue weighted by molar-refractivity contribution is 14.1. The van der Waals surface area contributed by atoms with E-state index in [1.54, 1.807) is 22.9 Å².